The van der Waals surface area contributed by atoms with Gasteiger partial charge in [-0.3, -0.25) is 5.10 Å². The van der Waals surface area contributed by atoms with E-state index in [1.54, 1.807) is 0 Å². The Morgan fingerprint density at radius 1 is 1.06 bits per heavy atom. The normalized spacial score (nSPS) is 14.7. The summed E-state index contributed by atoms with van der Waals surface area (Å²) in [6, 6.07) is 18.6. The van der Waals surface area contributed by atoms with Crippen LogP contribution in [0.15, 0.2) is 48.5 Å². The summed E-state index contributed by atoms with van der Waals surface area (Å²) >= 11 is 6.52. The minimum Gasteiger partial charge on any atom is -0.341 e. The standard InChI is InChI=1S/C24H21ClN6/c1-15-6-5-9-18(21(15)25)22-20-19(14-26)27-24(28-23(20)30-29-22)31-12-10-17(11-13-31)16-7-3-2-4-8-16/h2-9,17H,10-13H2,1H3,(H,27,28,29,30). The van der Waals surface area contributed by atoms with Gasteiger partial charge in [-0.1, -0.05) is 60.1 Å². The lowest BCUT2D eigenvalue weighted by Gasteiger charge is -2.32. The Morgan fingerprint density at radius 3 is 2.58 bits per heavy atom. The first-order valence-electron chi connectivity index (χ1n) is 10.4. The SMILES string of the molecule is Cc1cccc(-c2[nH]nc3nc(N4CCC(c5ccccc5)CC4)nc(C#N)c23)c1Cl. The zero-order valence-corrected chi connectivity index (χ0v) is 17.9. The molecule has 5 rings (SSSR count). The molecule has 7 heteroatoms. The highest BCUT2D eigenvalue weighted by Crippen LogP contribution is 2.35. The van der Waals surface area contributed by atoms with Crippen molar-refractivity contribution in [3.05, 3.63) is 70.4 Å². The quantitative estimate of drug-likeness (QED) is 0.482. The number of rotatable bonds is 3. The predicted molar refractivity (Wildman–Crippen MR) is 122 cm³/mol. The van der Waals surface area contributed by atoms with Gasteiger partial charge in [0.05, 0.1) is 16.1 Å². The van der Waals surface area contributed by atoms with Crippen LogP contribution in [0.5, 0.6) is 0 Å². The Bertz CT molecular complexity index is 1280. The van der Waals surface area contributed by atoms with Crippen molar-refractivity contribution in [3.8, 4) is 17.3 Å². The molecule has 3 heterocycles. The molecule has 31 heavy (non-hydrogen) atoms. The molecule has 1 N–H and O–H groups in total. The molecular formula is C24H21ClN6. The summed E-state index contributed by atoms with van der Waals surface area (Å²) in [7, 11) is 0. The van der Waals surface area contributed by atoms with Crippen molar-refractivity contribution in [2.75, 3.05) is 18.0 Å². The van der Waals surface area contributed by atoms with Crippen molar-refractivity contribution >= 4 is 28.6 Å². The summed E-state index contributed by atoms with van der Waals surface area (Å²) in [5, 5.41) is 18.5. The molecule has 1 aliphatic rings. The van der Waals surface area contributed by atoms with Gasteiger partial charge >= 0.3 is 0 Å². The van der Waals surface area contributed by atoms with E-state index in [2.05, 4.69) is 55.4 Å². The number of fused-ring (bicyclic) bond motifs is 1. The van der Waals surface area contributed by atoms with Crippen LogP contribution in [0.2, 0.25) is 5.02 Å². The summed E-state index contributed by atoms with van der Waals surface area (Å²) in [4.78, 5) is 11.4. The molecule has 0 radical (unpaired) electrons. The molecular weight excluding hydrogens is 408 g/mol. The minimum absolute atomic E-state index is 0.312. The van der Waals surface area contributed by atoms with Crippen LogP contribution >= 0.6 is 11.6 Å². The number of aromatic nitrogens is 4. The van der Waals surface area contributed by atoms with E-state index in [-0.39, 0.29) is 0 Å². The summed E-state index contributed by atoms with van der Waals surface area (Å²) in [6.45, 7) is 3.64. The number of nitrogens with zero attached hydrogens (tertiary/aromatic N) is 5. The molecule has 2 aromatic heterocycles. The number of hydrogen-bond donors (Lipinski definition) is 1. The van der Waals surface area contributed by atoms with Crippen LogP contribution in [-0.2, 0) is 0 Å². The molecule has 1 saturated heterocycles. The number of halogens is 1. The fourth-order valence-electron chi connectivity index (χ4n) is 4.31. The molecule has 0 spiro atoms. The van der Waals surface area contributed by atoms with Crippen molar-refractivity contribution in [1.29, 1.82) is 5.26 Å². The lowest BCUT2D eigenvalue weighted by Crippen LogP contribution is -2.34. The number of aryl methyl sites for hydroxylation is 1. The van der Waals surface area contributed by atoms with Crippen LogP contribution in [0.1, 0.15) is 35.6 Å². The Kier molecular flexibility index (Phi) is 5.05. The number of benzene rings is 2. The van der Waals surface area contributed by atoms with Crippen LogP contribution in [0.4, 0.5) is 5.95 Å². The van der Waals surface area contributed by atoms with E-state index in [1.807, 2.05) is 31.2 Å². The maximum atomic E-state index is 9.83. The summed E-state index contributed by atoms with van der Waals surface area (Å²) in [5.74, 6) is 1.10. The van der Waals surface area contributed by atoms with Gasteiger partial charge in [0, 0.05) is 18.7 Å². The Balaban J connectivity index is 1.47. The highest BCUT2D eigenvalue weighted by Gasteiger charge is 2.25. The lowest BCUT2D eigenvalue weighted by molar-refractivity contribution is 0.500. The first-order valence-corrected chi connectivity index (χ1v) is 10.7. The Hall–Kier alpha value is -3.43. The maximum absolute atomic E-state index is 9.83. The average molecular weight is 429 g/mol. The molecule has 0 amide bonds. The number of nitrogens with one attached hydrogen (secondary N) is 1. The van der Waals surface area contributed by atoms with E-state index in [1.165, 1.54) is 5.56 Å². The molecule has 1 fully saturated rings. The first kappa shape index (κ1) is 19.5. The van der Waals surface area contributed by atoms with Crippen molar-refractivity contribution in [1.82, 2.24) is 20.2 Å². The van der Waals surface area contributed by atoms with Gasteiger partial charge in [0.2, 0.25) is 5.95 Å². The van der Waals surface area contributed by atoms with Crippen molar-refractivity contribution in [2.45, 2.75) is 25.7 Å². The zero-order chi connectivity index (χ0) is 21.4. The van der Waals surface area contributed by atoms with Gasteiger partial charge in [0.1, 0.15) is 6.07 Å². The fourth-order valence-corrected chi connectivity index (χ4v) is 4.53. The van der Waals surface area contributed by atoms with E-state index in [9.17, 15) is 5.26 Å². The number of hydrogen-bond acceptors (Lipinski definition) is 5. The smallest absolute Gasteiger partial charge is 0.228 e. The molecule has 0 bridgehead atoms. The summed E-state index contributed by atoms with van der Waals surface area (Å²) in [5.41, 5.74) is 4.60. The monoisotopic (exact) mass is 428 g/mol. The maximum Gasteiger partial charge on any atom is 0.228 e. The van der Waals surface area contributed by atoms with Crippen LogP contribution in [0.25, 0.3) is 22.3 Å². The van der Waals surface area contributed by atoms with E-state index >= 15 is 0 Å². The molecule has 0 aliphatic carbocycles. The number of nitriles is 1. The van der Waals surface area contributed by atoms with Crippen LogP contribution < -0.4 is 4.90 Å². The molecule has 2 aromatic carbocycles. The van der Waals surface area contributed by atoms with Gasteiger partial charge < -0.3 is 4.90 Å². The molecule has 0 unspecified atom stereocenters. The molecule has 4 aromatic rings. The van der Waals surface area contributed by atoms with Crippen molar-refractivity contribution in [3.63, 3.8) is 0 Å². The number of H-pyrrole nitrogens is 1. The zero-order valence-electron chi connectivity index (χ0n) is 17.1. The van der Waals surface area contributed by atoms with Gasteiger partial charge in [0.25, 0.3) is 0 Å². The summed E-state index contributed by atoms with van der Waals surface area (Å²) < 4.78 is 0. The fraction of sp³-hybridized carbons (Fsp3) is 0.250. The molecule has 1 aliphatic heterocycles. The van der Waals surface area contributed by atoms with Gasteiger partial charge in [-0.25, -0.2) is 4.98 Å². The third-order valence-electron chi connectivity index (χ3n) is 6.02. The van der Waals surface area contributed by atoms with Gasteiger partial charge in [-0.05, 0) is 36.8 Å². The van der Waals surface area contributed by atoms with Crippen LogP contribution in [0.3, 0.4) is 0 Å². The Morgan fingerprint density at radius 2 is 1.84 bits per heavy atom. The third-order valence-corrected chi connectivity index (χ3v) is 6.52. The van der Waals surface area contributed by atoms with E-state index in [0.717, 1.165) is 37.1 Å². The predicted octanol–water partition coefficient (Wildman–Crippen LogP) is 5.24. The highest BCUT2D eigenvalue weighted by molar-refractivity contribution is 6.34. The van der Waals surface area contributed by atoms with Crippen molar-refractivity contribution < 1.29 is 0 Å². The van der Waals surface area contributed by atoms with Crippen LogP contribution in [-0.4, -0.2) is 33.3 Å². The second-order valence-corrected chi connectivity index (χ2v) is 8.27. The van der Waals surface area contributed by atoms with Gasteiger partial charge in [-0.15, -0.1) is 0 Å². The molecule has 6 nitrogen and oxygen atoms in total. The summed E-state index contributed by atoms with van der Waals surface area (Å²) in [6.07, 6.45) is 2.05. The average Bonchev–Trinajstić information content (AvgIpc) is 3.25. The largest absolute Gasteiger partial charge is 0.341 e. The molecule has 0 saturated carbocycles. The number of anilines is 1. The van der Waals surface area contributed by atoms with E-state index in [0.29, 0.717) is 39.3 Å². The highest BCUT2D eigenvalue weighted by atomic mass is 35.5. The number of aromatic amines is 1. The molecule has 0 atom stereocenters. The van der Waals surface area contributed by atoms with Gasteiger partial charge in [0.15, 0.2) is 11.3 Å². The lowest BCUT2D eigenvalue weighted by atomic mass is 9.90. The topological polar surface area (TPSA) is 81.5 Å². The third kappa shape index (κ3) is 3.51. The van der Waals surface area contributed by atoms with Crippen molar-refractivity contribution in [2.24, 2.45) is 0 Å². The second kappa shape index (κ2) is 8.01. The van der Waals surface area contributed by atoms with E-state index < -0.39 is 0 Å². The van der Waals surface area contributed by atoms with E-state index in [4.69, 9.17) is 11.6 Å². The Labute approximate surface area is 185 Å². The van der Waals surface area contributed by atoms with Crippen LogP contribution in [0, 0.1) is 18.3 Å². The first-order chi connectivity index (χ1) is 15.2. The minimum atomic E-state index is 0.312. The van der Waals surface area contributed by atoms with Gasteiger partial charge in [-0.2, -0.15) is 15.3 Å². The number of piperidine rings is 1. The molecule has 154 valence electrons. The second-order valence-electron chi connectivity index (χ2n) is 7.89.